The van der Waals surface area contributed by atoms with Gasteiger partial charge in [0, 0.05) is 0 Å². The molecule has 4 aromatic rings. The highest BCUT2D eigenvalue weighted by molar-refractivity contribution is 8.46. The fourth-order valence-corrected chi connectivity index (χ4v) is 7.77. The largest absolute Gasteiger partial charge is 0.185 e. The Bertz CT molecular complexity index is 870. The number of benzene rings is 4. The molecule has 0 aliphatic heterocycles. The maximum atomic E-state index is 7.57. The Morgan fingerprint density at radius 1 is 0.517 bits per heavy atom. The molecular weight excluding hydrogens is 408 g/mol. The lowest BCUT2D eigenvalue weighted by Crippen LogP contribution is -2.38. The first-order chi connectivity index (χ1) is 14.3. The van der Waals surface area contributed by atoms with Crippen LogP contribution in [0.15, 0.2) is 121 Å². The lowest BCUT2D eigenvalue weighted by Gasteiger charge is -2.27. The van der Waals surface area contributed by atoms with E-state index in [9.17, 15) is 0 Å². The molecule has 142 valence electrons. The van der Waals surface area contributed by atoms with Crippen molar-refractivity contribution in [2.24, 2.45) is 0 Å². The summed E-state index contributed by atoms with van der Waals surface area (Å²) >= 11 is 1.08. The van der Waals surface area contributed by atoms with Gasteiger partial charge in [0.15, 0.2) is 0 Å². The predicted molar refractivity (Wildman–Crippen MR) is 134 cm³/mol. The topological polar surface area (TPSA) is 23.8 Å². The van der Waals surface area contributed by atoms with Crippen molar-refractivity contribution < 1.29 is 0 Å². The van der Waals surface area contributed by atoms with Crippen molar-refractivity contribution in [1.82, 2.24) is 0 Å². The minimum atomic E-state index is -1.91. The Kier molecular flexibility index (Phi) is 8.03. The molecule has 0 heterocycles. The van der Waals surface area contributed by atoms with Gasteiger partial charge >= 0.3 is 0 Å². The maximum absolute atomic E-state index is 7.57. The van der Waals surface area contributed by atoms with Gasteiger partial charge < -0.3 is 0 Å². The van der Waals surface area contributed by atoms with Crippen molar-refractivity contribution in [2.75, 3.05) is 0 Å². The number of nitrogens with zero attached hydrogens (tertiary/aromatic N) is 1. The molecule has 0 saturated carbocycles. The van der Waals surface area contributed by atoms with Crippen LogP contribution in [0.2, 0.25) is 0 Å². The zero-order chi connectivity index (χ0) is 20.4. The molecule has 0 aliphatic rings. The van der Waals surface area contributed by atoms with Gasteiger partial charge in [-0.1, -0.05) is 81.2 Å². The molecule has 4 aromatic carbocycles. The highest BCUT2D eigenvalue weighted by atomic mass is 32.7. The quantitative estimate of drug-likeness (QED) is 0.324. The Morgan fingerprint density at radius 3 is 0.897 bits per heavy atom. The number of hydrogen-bond donors (Lipinski definition) is 0. The van der Waals surface area contributed by atoms with Crippen LogP contribution in [0.25, 0.3) is 0 Å². The standard InChI is InChI=1S/C24H20P.CH2NPS/c1-5-13-21(14-6-1)25(22-15-7-2-8-16-22,23-17-9-3-10-18-23)24-19-11-4-12-20-24;2-1-4-3/h1-20H;3H2/q+1;. The Morgan fingerprint density at radius 2 is 0.724 bits per heavy atom. The van der Waals surface area contributed by atoms with E-state index in [0.29, 0.717) is 0 Å². The zero-order valence-corrected chi connectivity index (χ0v) is 18.8. The van der Waals surface area contributed by atoms with E-state index in [0.717, 1.165) is 11.4 Å². The molecule has 0 aliphatic carbocycles. The fourth-order valence-electron chi connectivity index (χ4n) is 3.50. The molecule has 0 saturated heterocycles. The summed E-state index contributed by atoms with van der Waals surface area (Å²) in [4.78, 5) is 0. The van der Waals surface area contributed by atoms with Gasteiger partial charge in [-0.15, -0.1) is 0 Å². The minimum Gasteiger partial charge on any atom is -0.185 e. The van der Waals surface area contributed by atoms with Crippen molar-refractivity contribution >= 4 is 48.3 Å². The first-order valence-corrected chi connectivity index (χ1v) is 13.3. The monoisotopic (exact) mass is 430 g/mol. The van der Waals surface area contributed by atoms with Gasteiger partial charge in [-0.3, -0.25) is 0 Å². The zero-order valence-electron chi connectivity index (χ0n) is 15.9. The van der Waals surface area contributed by atoms with E-state index in [4.69, 9.17) is 5.26 Å². The lowest BCUT2D eigenvalue weighted by molar-refractivity contribution is 1.57. The third-order valence-electron chi connectivity index (χ3n) is 4.63. The summed E-state index contributed by atoms with van der Waals surface area (Å²) in [6.45, 7) is 0. The van der Waals surface area contributed by atoms with Crippen molar-refractivity contribution in [3.05, 3.63) is 121 Å². The second kappa shape index (κ2) is 10.9. The fraction of sp³-hybridized carbons (Fsp3) is 0. The van der Waals surface area contributed by atoms with Gasteiger partial charge in [0.25, 0.3) is 0 Å². The summed E-state index contributed by atoms with van der Waals surface area (Å²) < 4.78 is 0. The Hall–Kier alpha value is -2.42. The summed E-state index contributed by atoms with van der Waals surface area (Å²) in [5.41, 5.74) is 0. The molecule has 0 amide bonds. The smallest absolute Gasteiger partial charge is 0.144 e. The number of thiocyanates is 1. The van der Waals surface area contributed by atoms with E-state index in [2.05, 4.69) is 130 Å². The van der Waals surface area contributed by atoms with Crippen LogP contribution in [0.5, 0.6) is 0 Å². The number of nitriles is 1. The molecule has 4 heteroatoms. The second-order valence-corrected chi connectivity index (χ2v) is 10.8. The predicted octanol–water partition coefficient (Wildman–Crippen LogP) is 5.30. The molecule has 1 atom stereocenters. The van der Waals surface area contributed by atoms with Crippen molar-refractivity contribution in [3.8, 4) is 5.40 Å². The molecule has 0 radical (unpaired) electrons. The van der Waals surface area contributed by atoms with Gasteiger partial charge in [-0.05, 0) is 59.9 Å². The van der Waals surface area contributed by atoms with E-state index < -0.39 is 7.26 Å². The summed E-state index contributed by atoms with van der Waals surface area (Å²) in [6.07, 6.45) is 0. The van der Waals surface area contributed by atoms with E-state index >= 15 is 0 Å². The normalized spacial score (nSPS) is 10.3. The second-order valence-electron chi connectivity index (χ2n) is 6.22. The molecule has 0 aromatic heterocycles. The average molecular weight is 430 g/mol. The SMILES string of the molecule is N#CSP.c1ccc([P+](c2ccccc2)(c2ccccc2)c2ccccc2)cc1. The van der Waals surface area contributed by atoms with Gasteiger partial charge in [-0.2, -0.15) is 5.26 Å². The van der Waals surface area contributed by atoms with Crippen LogP contribution in [0, 0.1) is 10.7 Å². The van der Waals surface area contributed by atoms with Crippen LogP contribution in [-0.2, 0) is 0 Å². The first-order valence-electron chi connectivity index (χ1n) is 9.20. The summed E-state index contributed by atoms with van der Waals surface area (Å²) in [5.74, 6) is 0. The van der Waals surface area contributed by atoms with E-state index in [1.54, 1.807) is 0 Å². The molecule has 1 unspecified atom stereocenters. The molecule has 0 spiro atoms. The molecule has 0 bridgehead atoms. The van der Waals surface area contributed by atoms with Crippen molar-refractivity contribution in [1.29, 1.82) is 5.26 Å². The summed E-state index contributed by atoms with van der Waals surface area (Å²) in [7, 11) is 0.305. The number of rotatable bonds is 4. The molecule has 29 heavy (non-hydrogen) atoms. The van der Waals surface area contributed by atoms with Crippen LogP contribution in [0.3, 0.4) is 0 Å². The van der Waals surface area contributed by atoms with E-state index in [-0.39, 0.29) is 0 Å². The molecule has 4 rings (SSSR count). The van der Waals surface area contributed by atoms with Crippen LogP contribution < -0.4 is 21.2 Å². The summed E-state index contributed by atoms with van der Waals surface area (Å²) in [6, 6.07) is 43.8. The molecular formula is C25H22NP2S+. The van der Waals surface area contributed by atoms with E-state index in [1.165, 1.54) is 21.2 Å². The van der Waals surface area contributed by atoms with Crippen molar-refractivity contribution in [2.45, 2.75) is 0 Å². The van der Waals surface area contributed by atoms with Gasteiger partial charge in [0.1, 0.15) is 33.9 Å². The average Bonchev–Trinajstić information content (AvgIpc) is 2.83. The molecule has 0 N–H and O–H groups in total. The maximum Gasteiger partial charge on any atom is 0.144 e. The third-order valence-corrected chi connectivity index (χ3v) is 9.34. The van der Waals surface area contributed by atoms with Crippen LogP contribution in [-0.4, -0.2) is 0 Å². The lowest BCUT2D eigenvalue weighted by atomic mass is 10.3. The van der Waals surface area contributed by atoms with Gasteiger partial charge in [0.05, 0.1) is 0 Å². The molecule has 0 fully saturated rings. The number of hydrogen-bond acceptors (Lipinski definition) is 2. The van der Waals surface area contributed by atoms with Gasteiger partial charge in [0.2, 0.25) is 0 Å². The Balaban J connectivity index is 0.000000552. The van der Waals surface area contributed by atoms with Crippen LogP contribution in [0.4, 0.5) is 0 Å². The third kappa shape index (κ3) is 4.77. The highest BCUT2D eigenvalue weighted by Crippen LogP contribution is 2.53. The summed E-state index contributed by atoms with van der Waals surface area (Å²) in [5, 5.41) is 14.9. The van der Waals surface area contributed by atoms with Crippen LogP contribution in [0.1, 0.15) is 0 Å². The van der Waals surface area contributed by atoms with Crippen molar-refractivity contribution in [3.63, 3.8) is 0 Å². The minimum absolute atomic E-state index is 1.08. The molecule has 1 nitrogen and oxygen atoms in total. The Labute approximate surface area is 180 Å². The van der Waals surface area contributed by atoms with Crippen LogP contribution >= 0.6 is 27.1 Å². The first kappa shape index (κ1) is 21.3. The van der Waals surface area contributed by atoms with E-state index in [1.807, 2.05) is 5.40 Å². The highest BCUT2D eigenvalue weighted by Gasteiger charge is 2.47. The van der Waals surface area contributed by atoms with Gasteiger partial charge in [-0.25, -0.2) is 0 Å².